The lowest BCUT2D eigenvalue weighted by atomic mass is 10.1. The standard InChI is InChI=1S/C17H22N2O4.C6H7NO.C2H6/c1-4-22-17(21)15-11-16(19(3)18-15)14-7-5-13(6-8-14)9-10-23-12(2)20;1-8-6-4-2-3-5-7-6;1-2/h5-8,11,15,18H,4,9-10H2,1-3H3;2-5H,1H3;1-2H3. The number of methoxy groups -OCH3 is 1. The number of hydrazine groups is 1. The molecule has 0 radical (unpaired) electrons. The van der Waals surface area contributed by atoms with Crippen molar-refractivity contribution in [1.29, 1.82) is 0 Å². The molecule has 0 fully saturated rings. The van der Waals surface area contributed by atoms with E-state index in [1.165, 1.54) is 6.92 Å². The van der Waals surface area contributed by atoms with Crippen LogP contribution in [0.25, 0.3) is 5.70 Å². The minimum Gasteiger partial charge on any atom is -0.481 e. The van der Waals surface area contributed by atoms with Gasteiger partial charge in [-0.3, -0.25) is 4.79 Å². The highest BCUT2D eigenvalue weighted by Crippen LogP contribution is 2.23. The maximum absolute atomic E-state index is 11.8. The van der Waals surface area contributed by atoms with Crippen LogP contribution in [0.1, 0.15) is 38.8 Å². The Balaban J connectivity index is 0.000000454. The topological polar surface area (TPSA) is 90.0 Å². The first-order valence-electron chi connectivity index (χ1n) is 11.0. The molecule has 0 saturated carbocycles. The van der Waals surface area contributed by atoms with E-state index in [9.17, 15) is 9.59 Å². The monoisotopic (exact) mass is 457 g/mol. The van der Waals surface area contributed by atoms with E-state index >= 15 is 0 Å². The van der Waals surface area contributed by atoms with Gasteiger partial charge >= 0.3 is 11.9 Å². The number of carbonyl (C=O) groups is 2. The molecule has 1 atom stereocenters. The SMILES string of the molecule is CC.CCOC(=O)C1C=C(c2ccc(CCOC(C)=O)cc2)N(C)N1.COc1ccccn1. The van der Waals surface area contributed by atoms with Crippen LogP contribution in [0.5, 0.6) is 5.88 Å². The van der Waals surface area contributed by atoms with E-state index < -0.39 is 6.04 Å². The molecule has 1 aliphatic rings. The predicted molar refractivity (Wildman–Crippen MR) is 128 cm³/mol. The average molecular weight is 458 g/mol. The van der Waals surface area contributed by atoms with Crippen LogP contribution >= 0.6 is 0 Å². The average Bonchev–Trinajstić information content (AvgIpc) is 3.23. The second-order valence-corrected chi connectivity index (χ2v) is 6.63. The van der Waals surface area contributed by atoms with Gasteiger partial charge in [-0.05, 0) is 30.2 Å². The normalized spacial score (nSPS) is 14.1. The Kier molecular flexibility index (Phi) is 12.9. The van der Waals surface area contributed by atoms with Crippen molar-refractivity contribution < 1.29 is 23.8 Å². The van der Waals surface area contributed by atoms with Gasteiger partial charge in [-0.1, -0.05) is 44.2 Å². The maximum atomic E-state index is 11.8. The van der Waals surface area contributed by atoms with Crippen molar-refractivity contribution in [3.05, 3.63) is 65.9 Å². The molecule has 8 nitrogen and oxygen atoms in total. The van der Waals surface area contributed by atoms with Gasteiger partial charge in [0.15, 0.2) is 0 Å². The van der Waals surface area contributed by atoms with E-state index in [0.29, 0.717) is 25.5 Å². The van der Waals surface area contributed by atoms with E-state index in [2.05, 4.69) is 10.4 Å². The number of aromatic nitrogens is 1. The summed E-state index contributed by atoms with van der Waals surface area (Å²) in [5, 5.41) is 1.81. The van der Waals surface area contributed by atoms with Gasteiger partial charge in [-0.15, -0.1) is 0 Å². The summed E-state index contributed by atoms with van der Waals surface area (Å²) < 4.78 is 14.8. The second-order valence-electron chi connectivity index (χ2n) is 6.63. The highest BCUT2D eigenvalue weighted by molar-refractivity contribution is 5.83. The molecule has 180 valence electrons. The molecule has 0 amide bonds. The largest absolute Gasteiger partial charge is 0.481 e. The van der Waals surface area contributed by atoms with Gasteiger partial charge in [-0.2, -0.15) is 0 Å². The van der Waals surface area contributed by atoms with E-state index in [4.69, 9.17) is 14.2 Å². The van der Waals surface area contributed by atoms with Gasteiger partial charge in [0.05, 0.1) is 26.0 Å². The third-order valence-electron chi connectivity index (χ3n) is 4.35. The number of ether oxygens (including phenoxy) is 3. The first kappa shape index (κ1) is 27.6. The van der Waals surface area contributed by atoms with Crippen LogP contribution in [0.15, 0.2) is 54.7 Å². The van der Waals surface area contributed by atoms with Crippen molar-refractivity contribution in [1.82, 2.24) is 15.4 Å². The number of nitrogens with zero attached hydrogens (tertiary/aromatic N) is 2. The van der Waals surface area contributed by atoms with Gasteiger partial charge in [0, 0.05) is 32.7 Å². The fourth-order valence-corrected chi connectivity index (χ4v) is 2.85. The van der Waals surface area contributed by atoms with Crippen LogP contribution in [-0.2, 0) is 25.5 Å². The lowest BCUT2D eigenvalue weighted by Crippen LogP contribution is -2.39. The Labute approximate surface area is 196 Å². The molecule has 1 aliphatic heterocycles. The third kappa shape index (κ3) is 9.74. The highest BCUT2D eigenvalue weighted by Gasteiger charge is 2.27. The Bertz CT molecular complexity index is 869. The van der Waals surface area contributed by atoms with Crippen LogP contribution in [0, 0.1) is 0 Å². The molecule has 1 aromatic carbocycles. The summed E-state index contributed by atoms with van der Waals surface area (Å²) in [5.41, 5.74) is 6.07. The molecule has 2 aromatic rings. The number of carbonyl (C=O) groups excluding carboxylic acids is 2. The van der Waals surface area contributed by atoms with Crippen LogP contribution in [-0.4, -0.2) is 55.3 Å². The number of rotatable bonds is 7. The fraction of sp³-hybridized carbons (Fsp3) is 0.400. The van der Waals surface area contributed by atoms with Crippen molar-refractivity contribution in [2.24, 2.45) is 0 Å². The van der Waals surface area contributed by atoms with E-state index in [-0.39, 0.29) is 11.9 Å². The van der Waals surface area contributed by atoms with Gasteiger partial charge in [0.2, 0.25) is 5.88 Å². The molecule has 1 unspecified atom stereocenters. The Hall–Kier alpha value is -3.39. The Morgan fingerprint density at radius 1 is 1.09 bits per heavy atom. The van der Waals surface area contributed by atoms with Crippen molar-refractivity contribution in [2.75, 3.05) is 27.4 Å². The van der Waals surface area contributed by atoms with Crippen LogP contribution in [0.2, 0.25) is 0 Å². The molecular formula is C25H35N3O5. The molecular weight excluding hydrogens is 422 g/mol. The molecule has 3 rings (SSSR count). The van der Waals surface area contributed by atoms with E-state index in [0.717, 1.165) is 16.8 Å². The smallest absolute Gasteiger partial charge is 0.329 e. The summed E-state index contributed by atoms with van der Waals surface area (Å²) in [5.74, 6) is 0.107. The van der Waals surface area contributed by atoms with Crippen molar-refractivity contribution >= 4 is 17.6 Å². The molecule has 1 aromatic heterocycles. The zero-order valence-corrected chi connectivity index (χ0v) is 20.3. The molecule has 0 spiro atoms. The number of nitrogens with one attached hydrogen (secondary N) is 1. The predicted octanol–water partition coefficient (Wildman–Crippen LogP) is 3.63. The van der Waals surface area contributed by atoms with Crippen LogP contribution < -0.4 is 10.2 Å². The van der Waals surface area contributed by atoms with Gasteiger partial charge in [-0.25, -0.2) is 15.2 Å². The second kappa shape index (κ2) is 15.4. The number of esters is 2. The van der Waals surface area contributed by atoms with E-state index in [1.54, 1.807) is 26.3 Å². The minimum absolute atomic E-state index is 0.268. The summed E-state index contributed by atoms with van der Waals surface area (Å²) in [6, 6.07) is 13.0. The minimum atomic E-state index is -0.460. The number of hydrogen-bond acceptors (Lipinski definition) is 8. The molecule has 0 bridgehead atoms. The molecule has 2 heterocycles. The summed E-state index contributed by atoms with van der Waals surface area (Å²) >= 11 is 0. The Morgan fingerprint density at radius 3 is 2.30 bits per heavy atom. The van der Waals surface area contributed by atoms with Crippen LogP contribution in [0.3, 0.4) is 0 Å². The molecule has 33 heavy (non-hydrogen) atoms. The van der Waals surface area contributed by atoms with Crippen molar-refractivity contribution in [3.63, 3.8) is 0 Å². The maximum Gasteiger partial charge on any atom is 0.329 e. The lowest BCUT2D eigenvalue weighted by Gasteiger charge is -2.18. The van der Waals surface area contributed by atoms with Gasteiger partial charge in [0.1, 0.15) is 6.04 Å². The molecule has 0 saturated heterocycles. The summed E-state index contributed by atoms with van der Waals surface area (Å²) in [4.78, 5) is 26.4. The zero-order chi connectivity index (χ0) is 24.6. The number of benzene rings is 1. The quantitative estimate of drug-likeness (QED) is 0.631. The van der Waals surface area contributed by atoms with Crippen molar-refractivity contribution in [2.45, 2.75) is 40.2 Å². The first-order chi connectivity index (χ1) is 15.9. The van der Waals surface area contributed by atoms with Gasteiger partial charge in [0.25, 0.3) is 0 Å². The fourth-order valence-electron chi connectivity index (χ4n) is 2.85. The molecule has 1 N–H and O–H groups in total. The highest BCUT2D eigenvalue weighted by atomic mass is 16.5. The van der Waals surface area contributed by atoms with Crippen LogP contribution in [0.4, 0.5) is 0 Å². The lowest BCUT2D eigenvalue weighted by molar-refractivity contribution is -0.145. The number of hydrogen-bond donors (Lipinski definition) is 1. The van der Waals surface area contributed by atoms with E-state index in [1.807, 2.05) is 68.4 Å². The summed E-state index contributed by atoms with van der Waals surface area (Å²) in [7, 11) is 3.46. The van der Waals surface area contributed by atoms with Crippen molar-refractivity contribution in [3.8, 4) is 5.88 Å². The first-order valence-corrected chi connectivity index (χ1v) is 11.0. The number of pyridine rings is 1. The Morgan fingerprint density at radius 2 is 1.79 bits per heavy atom. The summed E-state index contributed by atoms with van der Waals surface area (Å²) in [6.07, 6.45) is 4.23. The third-order valence-corrected chi connectivity index (χ3v) is 4.35. The molecule has 0 aliphatic carbocycles. The zero-order valence-electron chi connectivity index (χ0n) is 20.3. The molecule has 8 heteroatoms. The summed E-state index contributed by atoms with van der Waals surface area (Å²) in [6.45, 7) is 7.93. The van der Waals surface area contributed by atoms with Gasteiger partial charge < -0.3 is 19.2 Å².